The molecule has 0 aliphatic carbocycles. The number of thiazole rings is 1. The molecule has 8 heteroatoms. The largest absolute Gasteiger partial charge is 0.321 e. The number of aromatic nitrogens is 3. The predicted molar refractivity (Wildman–Crippen MR) is 110 cm³/mol. The lowest BCUT2D eigenvalue weighted by Gasteiger charge is -2.06. The van der Waals surface area contributed by atoms with Crippen LogP contribution < -0.4 is 10.6 Å². The van der Waals surface area contributed by atoms with E-state index in [0.29, 0.717) is 16.7 Å². The molecule has 3 aromatic rings. The Morgan fingerprint density at radius 1 is 1.00 bits per heavy atom. The average molecular weight is 395 g/mol. The standard InChI is InChI=1S/C20H21N5O2S/c1-12(2)17-11-23-20(28-17)25-18(26)8-14-4-6-15(7-5-14)24-19(27)16-10-21-13(3)9-22-16/h4-7,9-12H,8H2,1-3H3,(H,24,27)(H,23,25,26). The molecule has 3 rings (SSSR count). The Bertz CT molecular complexity index is 965. The van der Waals surface area contributed by atoms with Crippen LogP contribution in [0.2, 0.25) is 0 Å². The van der Waals surface area contributed by atoms with E-state index in [2.05, 4.69) is 39.4 Å². The van der Waals surface area contributed by atoms with Gasteiger partial charge in [0, 0.05) is 23.0 Å². The summed E-state index contributed by atoms with van der Waals surface area (Å²) in [5, 5.41) is 6.19. The number of nitrogens with one attached hydrogen (secondary N) is 2. The third-order valence-electron chi connectivity index (χ3n) is 3.93. The maximum atomic E-state index is 12.2. The second-order valence-corrected chi connectivity index (χ2v) is 7.70. The lowest BCUT2D eigenvalue weighted by molar-refractivity contribution is -0.115. The fraction of sp³-hybridized carbons (Fsp3) is 0.250. The van der Waals surface area contributed by atoms with E-state index >= 15 is 0 Å². The molecular weight excluding hydrogens is 374 g/mol. The Morgan fingerprint density at radius 2 is 1.75 bits per heavy atom. The predicted octanol–water partition coefficient (Wildman–Crippen LogP) is 3.80. The molecule has 7 nitrogen and oxygen atoms in total. The van der Waals surface area contributed by atoms with Crippen LogP contribution in [0, 0.1) is 6.92 Å². The van der Waals surface area contributed by atoms with E-state index in [1.807, 2.05) is 0 Å². The van der Waals surface area contributed by atoms with Crippen LogP contribution in [0.5, 0.6) is 0 Å². The summed E-state index contributed by atoms with van der Waals surface area (Å²) in [5.74, 6) is -0.0733. The third kappa shape index (κ3) is 5.20. The number of hydrogen-bond acceptors (Lipinski definition) is 6. The van der Waals surface area contributed by atoms with Crippen molar-refractivity contribution >= 4 is 34.0 Å². The highest BCUT2D eigenvalue weighted by Gasteiger charge is 2.11. The normalized spacial score (nSPS) is 10.7. The van der Waals surface area contributed by atoms with Gasteiger partial charge in [-0.25, -0.2) is 9.97 Å². The molecule has 0 saturated carbocycles. The van der Waals surface area contributed by atoms with Gasteiger partial charge >= 0.3 is 0 Å². The van der Waals surface area contributed by atoms with E-state index in [-0.39, 0.29) is 23.9 Å². The molecule has 0 fully saturated rings. The van der Waals surface area contributed by atoms with E-state index in [1.165, 1.54) is 17.5 Å². The summed E-state index contributed by atoms with van der Waals surface area (Å²) in [5.41, 5.74) is 2.46. The first kappa shape index (κ1) is 19.6. The Kier molecular flexibility index (Phi) is 6.10. The highest BCUT2D eigenvalue weighted by atomic mass is 32.1. The molecule has 0 spiro atoms. The van der Waals surface area contributed by atoms with Gasteiger partial charge in [-0.15, -0.1) is 11.3 Å². The van der Waals surface area contributed by atoms with Crippen molar-refractivity contribution in [1.29, 1.82) is 0 Å². The molecule has 0 bridgehead atoms. The van der Waals surface area contributed by atoms with Crippen molar-refractivity contribution in [3.63, 3.8) is 0 Å². The van der Waals surface area contributed by atoms with Crippen molar-refractivity contribution in [2.24, 2.45) is 0 Å². The van der Waals surface area contributed by atoms with E-state index in [0.717, 1.165) is 16.1 Å². The van der Waals surface area contributed by atoms with Crippen LogP contribution in [-0.4, -0.2) is 26.8 Å². The molecule has 1 aromatic carbocycles. The Morgan fingerprint density at radius 3 is 2.36 bits per heavy atom. The fourth-order valence-corrected chi connectivity index (χ4v) is 3.21. The molecule has 2 aromatic heterocycles. The third-order valence-corrected chi connectivity index (χ3v) is 5.14. The molecule has 2 amide bonds. The number of rotatable bonds is 6. The van der Waals surface area contributed by atoms with Gasteiger partial charge in [-0.1, -0.05) is 26.0 Å². The first-order chi connectivity index (χ1) is 13.4. The van der Waals surface area contributed by atoms with Crippen molar-refractivity contribution in [1.82, 2.24) is 15.0 Å². The monoisotopic (exact) mass is 395 g/mol. The average Bonchev–Trinajstić information content (AvgIpc) is 3.12. The summed E-state index contributed by atoms with van der Waals surface area (Å²) >= 11 is 1.49. The van der Waals surface area contributed by atoms with Gasteiger partial charge in [0.2, 0.25) is 5.91 Å². The van der Waals surface area contributed by atoms with Crippen molar-refractivity contribution in [3.05, 3.63) is 64.7 Å². The maximum absolute atomic E-state index is 12.2. The van der Waals surface area contributed by atoms with Crippen LogP contribution in [0.25, 0.3) is 0 Å². The molecule has 0 unspecified atom stereocenters. The number of benzene rings is 1. The molecule has 0 atom stereocenters. The zero-order chi connectivity index (χ0) is 20.1. The Balaban J connectivity index is 1.55. The molecule has 28 heavy (non-hydrogen) atoms. The van der Waals surface area contributed by atoms with Crippen molar-refractivity contribution in [3.8, 4) is 0 Å². The quantitative estimate of drug-likeness (QED) is 0.662. The summed E-state index contributed by atoms with van der Waals surface area (Å²) in [6.07, 6.45) is 5.00. The van der Waals surface area contributed by atoms with Crippen LogP contribution in [0.3, 0.4) is 0 Å². The molecule has 2 heterocycles. The van der Waals surface area contributed by atoms with Gasteiger partial charge in [0.25, 0.3) is 5.91 Å². The van der Waals surface area contributed by atoms with Crippen molar-refractivity contribution < 1.29 is 9.59 Å². The minimum absolute atomic E-state index is 0.128. The number of carbonyl (C=O) groups excluding carboxylic acids is 2. The second-order valence-electron chi connectivity index (χ2n) is 6.64. The highest BCUT2D eigenvalue weighted by Crippen LogP contribution is 2.25. The van der Waals surface area contributed by atoms with Crippen LogP contribution in [0.15, 0.2) is 42.9 Å². The molecule has 0 aliphatic rings. The van der Waals surface area contributed by atoms with Crippen LogP contribution in [0.4, 0.5) is 10.8 Å². The van der Waals surface area contributed by atoms with Gasteiger partial charge in [-0.05, 0) is 30.5 Å². The number of nitrogens with zero attached hydrogens (tertiary/aromatic N) is 3. The Labute approximate surface area is 167 Å². The van der Waals surface area contributed by atoms with E-state index in [9.17, 15) is 9.59 Å². The van der Waals surface area contributed by atoms with Crippen molar-refractivity contribution in [2.75, 3.05) is 10.6 Å². The van der Waals surface area contributed by atoms with Gasteiger partial charge in [-0.3, -0.25) is 14.6 Å². The maximum Gasteiger partial charge on any atom is 0.275 e. The first-order valence-corrected chi connectivity index (χ1v) is 9.67. The molecule has 0 radical (unpaired) electrons. The molecule has 2 N–H and O–H groups in total. The zero-order valence-corrected chi connectivity index (χ0v) is 16.7. The minimum Gasteiger partial charge on any atom is -0.321 e. The molecular formula is C20H21N5O2S. The summed E-state index contributed by atoms with van der Waals surface area (Å²) < 4.78 is 0. The number of hydrogen-bond donors (Lipinski definition) is 2. The van der Waals surface area contributed by atoms with Gasteiger partial charge in [0.15, 0.2) is 5.13 Å². The van der Waals surface area contributed by atoms with Crippen molar-refractivity contribution in [2.45, 2.75) is 33.1 Å². The summed E-state index contributed by atoms with van der Waals surface area (Å²) in [4.78, 5) is 37.8. The van der Waals surface area contributed by atoms with E-state index < -0.39 is 0 Å². The zero-order valence-electron chi connectivity index (χ0n) is 15.9. The summed E-state index contributed by atoms with van der Waals surface area (Å²) in [6, 6.07) is 7.11. The number of aryl methyl sites for hydroxylation is 1. The van der Waals surface area contributed by atoms with Gasteiger partial charge in [0.05, 0.1) is 18.3 Å². The molecule has 0 aliphatic heterocycles. The lowest BCUT2D eigenvalue weighted by Crippen LogP contribution is -2.15. The molecule has 0 saturated heterocycles. The van der Waals surface area contributed by atoms with Crippen LogP contribution in [-0.2, 0) is 11.2 Å². The highest BCUT2D eigenvalue weighted by molar-refractivity contribution is 7.15. The van der Waals surface area contributed by atoms with E-state index in [1.54, 1.807) is 43.6 Å². The van der Waals surface area contributed by atoms with Crippen LogP contribution in [0.1, 0.15) is 46.4 Å². The number of anilines is 2. The number of carbonyl (C=O) groups is 2. The van der Waals surface area contributed by atoms with E-state index in [4.69, 9.17) is 0 Å². The Hall–Kier alpha value is -3.13. The van der Waals surface area contributed by atoms with Gasteiger partial charge < -0.3 is 10.6 Å². The SMILES string of the molecule is Cc1cnc(C(=O)Nc2ccc(CC(=O)Nc3ncc(C(C)C)s3)cc2)cn1. The first-order valence-electron chi connectivity index (χ1n) is 8.85. The van der Waals surface area contributed by atoms with Gasteiger partial charge in [0.1, 0.15) is 5.69 Å². The number of amides is 2. The summed E-state index contributed by atoms with van der Waals surface area (Å²) in [7, 11) is 0. The van der Waals surface area contributed by atoms with Gasteiger partial charge in [-0.2, -0.15) is 0 Å². The summed E-state index contributed by atoms with van der Waals surface area (Å²) in [6.45, 7) is 5.98. The molecule has 144 valence electrons. The minimum atomic E-state index is -0.331. The second kappa shape index (κ2) is 8.71. The fourth-order valence-electron chi connectivity index (χ4n) is 2.37. The van der Waals surface area contributed by atoms with Crippen LogP contribution >= 0.6 is 11.3 Å². The topological polar surface area (TPSA) is 96.9 Å². The smallest absolute Gasteiger partial charge is 0.275 e. The lowest BCUT2D eigenvalue weighted by atomic mass is 10.1.